The molecule has 0 saturated carbocycles. The molecule has 3 aromatic rings. The standard InChI is InChI=1S/C18H12ClF3N2O2/c1-25-16-6-7-23-10-15(16)14-8-12(19)9-24-17(14)26-13-4-2-11(3-5-13)18(20,21)22/h2-10H,1H3. The molecule has 134 valence electrons. The van der Waals surface area contributed by atoms with Crippen molar-refractivity contribution < 1.29 is 22.6 Å². The fourth-order valence-corrected chi connectivity index (χ4v) is 2.44. The van der Waals surface area contributed by atoms with Crippen molar-refractivity contribution in [3.63, 3.8) is 0 Å². The summed E-state index contributed by atoms with van der Waals surface area (Å²) in [6, 6.07) is 7.61. The van der Waals surface area contributed by atoms with Gasteiger partial charge in [0.25, 0.3) is 0 Å². The Morgan fingerprint density at radius 2 is 1.73 bits per heavy atom. The van der Waals surface area contributed by atoms with E-state index < -0.39 is 11.7 Å². The minimum Gasteiger partial charge on any atom is -0.496 e. The second-order valence-corrected chi connectivity index (χ2v) is 5.64. The maximum Gasteiger partial charge on any atom is 0.416 e. The van der Waals surface area contributed by atoms with Crippen LogP contribution in [-0.2, 0) is 6.18 Å². The third-order valence-electron chi connectivity index (χ3n) is 3.51. The van der Waals surface area contributed by atoms with Gasteiger partial charge in [-0.1, -0.05) is 11.6 Å². The number of hydrogen-bond donors (Lipinski definition) is 0. The van der Waals surface area contributed by atoms with Crippen molar-refractivity contribution in [2.24, 2.45) is 0 Å². The van der Waals surface area contributed by atoms with Crippen LogP contribution < -0.4 is 9.47 Å². The average molecular weight is 381 g/mol. The molecule has 2 heterocycles. The number of alkyl halides is 3. The highest BCUT2D eigenvalue weighted by molar-refractivity contribution is 6.30. The molecule has 1 aromatic carbocycles. The predicted octanol–water partition coefficient (Wildman–Crippen LogP) is 5.62. The summed E-state index contributed by atoms with van der Waals surface area (Å²) in [7, 11) is 1.51. The fourth-order valence-electron chi connectivity index (χ4n) is 2.29. The zero-order valence-electron chi connectivity index (χ0n) is 13.4. The fraction of sp³-hybridized carbons (Fsp3) is 0.111. The van der Waals surface area contributed by atoms with Gasteiger partial charge < -0.3 is 9.47 Å². The van der Waals surface area contributed by atoms with E-state index in [1.807, 2.05) is 0 Å². The highest BCUT2D eigenvalue weighted by Crippen LogP contribution is 2.38. The first kappa shape index (κ1) is 18.0. The van der Waals surface area contributed by atoms with E-state index in [4.69, 9.17) is 21.1 Å². The molecule has 0 atom stereocenters. The monoisotopic (exact) mass is 380 g/mol. The molecule has 4 nitrogen and oxygen atoms in total. The number of methoxy groups -OCH3 is 1. The van der Waals surface area contributed by atoms with Crippen LogP contribution in [0, 0.1) is 0 Å². The molecule has 0 N–H and O–H groups in total. The molecule has 0 unspecified atom stereocenters. The van der Waals surface area contributed by atoms with E-state index >= 15 is 0 Å². The quantitative estimate of drug-likeness (QED) is 0.589. The van der Waals surface area contributed by atoms with Gasteiger partial charge in [0.15, 0.2) is 0 Å². The highest BCUT2D eigenvalue weighted by Gasteiger charge is 2.30. The summed E-state index contributed by atoms with van der Waals surface area (Å²) in [5.74, 6) is 0.902. The van der Waals surface area contributed by atoms with Crippen LogP contribution in [0.2, 0.25) is 5.02 Å². The number of hydrogen-bond acceptors (Lipinski definition) is 4. The molecule has 0 radical (unpaired) electrons. The number of aromatic nitrogens is 2. The molecule has 0 aliphatic rings. The number of benzene rings is 1. The van der Waals surface area contributed by atoms with Crippen LogP contribution in [-0.4, -0.2) is 17.1 Å². The second kappa shape index (κ2) is 7.21. The van der Waals surface area contributed by atoms with Gasteiger partial charge >= 0.3 is 6.18 Å². The van der Waals surface area contributed by atoms with Crippen LogP contribution in [0.25, 0.3) is 11.1 Å². The Balaban J connectivity index is 1.99. The first-order valence-electron chi connectivity index (χ1n) is 7.37. The van der Waals surface area contributed by atoms with Crippen molar-refractivity contribution in [2.75, 3.05) is 7.11 Å². The molecule has 0 saturated heterocycles. The van der Waals surface area contributed by atoms with Gasteiger partial charge in [-0.2, -0.15) is 13.2 Å². The maximum atomic E-state index is 12.7. The van der Waals surface area contributed by atoms with E-state index in [-0.39, 0.29) is 11.6 Å². The Morgan fingerprint density at radius 1 is 1.00 bits per heavy atom. The van der Waals surface area contributed by atoms with Crippen molar-refractivity contribution >= 4 is 11.6 Å². The summed E-state index contributed by atoms with van der Waals surface area (Å²) in [5, 5.41) is 0.366. The van der Waals surface area contributed by atoms with Crippen LogP contribution in [0.15, 0.2) is 55.0 Å². The van der Waals surface area contributed by atoms with Gasteiger partial charge in [0, 0.05) is 24.2 Å². The van der Waals surface area contributed by atoms with E-state index in [9.17, 15) is 13.2 Å². The van der Waals surface area contributed by atoms with Crippen molar-refractivity contribution in [3.05, 3.63) is 65.6 Å². The third-order valence-corrected chi connectivity index (χ3v) is 3.71. The molecule has 8 heteroatoms. The average Bonchev–Trinajstić information content (AvgIpc) is 2.63. The molecule has 26 heavy (non-hydrogen) atoms. The Morgan fingerprint density at radius 3 is 2.38 bits per heavy atom. The Hall–Kier alpha value is -2.80. The molecule has 0 spiro atoms. The lowest BCUT2D eigenvalue weighted by molar-refractivity contribution is -0.137. The van der Waals surface area contributed by atoms with Crippen LogP contribution in [0.1, 0.15) is 5.56 Å². The molecule has 0 aliphatic heterocycles. The van der Waals surface area contributed by atoms with Crippen LogP contribution >= 0.6 is 11.6 Å². The molecule has 2 aromatic heterocycles. The van der Waals surface area contributed by atoms with E-state index in [0.29, 0.717) is 21.9 Å². The lowest BCUT2D eigenvalue weighted by atomic mass is 10.1. The van der Waals surface area contributed by atoms with Crippen molar-refractivity contribution in [1.29, 1.82) is 0 Å². The van der Waals surface area contributed by atoms with Gasteiger partial charge in [-0.3, -0.25) is 4.98 Å². The van der Waals surface area contributed by atoms with E-state index in [0.717, 1.165) is 12.1 Å². The molecular weight excluding hydrogens is 369 g/mol. The molecule has 0 fully saturated rings. The first-order chi connectivity index (χ1) is 12.4. The summed E-state index contributed by atoms with van der Waals surface area (Å²) in [4.78, 5) is 8.19. The van der Waals surface area contributed by atoms with E-state index in [1.165, 1.54) is 25.4 Å². The Kier molecular flexibility index (Phi) is 4.99. The summed E-state index contributed by atoms with van der Waals surface area (Å²) < 4.78 is 49.0. The summed E-state index contributed by atoms with van der Waals surface area (Å²) in [5.41, 5.74) is 0.331. The zero-order valence-corrected chi connectivity index (χ0v) is 14.2. The zero-order chi connectivity index (χ0) is 18.7. The number of rotatable bonds is 4. The molecule has 0 bridgehead atoms. The van der Waals surface area contributed by atoms with Gasteiger partial charge in [-0.05, 0) is 36.4 Å². The van der Waals surface area contributed by atoms with Crippen molar-refractivity contribution in [3.8, 4) is 28.5 Å². The van der Waals surface area contributed by atoms with Crippen LogP contribution in [0.5, 0.6) is 17.4 Å². The molecule has 3 rings (SSSR count). The van der Waals surface area contributed by atoms with Gasteiger partial charge in [0.2, 0.25) is 5.88 Å². The normalized spacial score (nSPS) is 11.3. The van der Waals surface area contributed by atoms with Gasteiger partial charge in [-0.25, -0.2) is 4.98 Å². The Bertz CT molecular complexity index is 915. The molecular formula is C18H12ClF3N2O2. The van der Waals surface area contributed by atoms with E-state index in [2.05, 4.69) is 9.97 Å². The van der Waals surface area contributed by atoms with Crippen LogP contribution in [0.3, 0.4) is 0 Å². The lowest BCUT2D eigenvalue weighted by Crippen LogP contribution is -2.04. The van der Waals surface area contributed by atoms with Gasteiger partial charge in [0.1, 0.15) is 11.5 Å². The SMILES string of the molecule is COc1ccncc1-c1cc(Cl)cnc1Oc1ccc(C(F)(F)F)cc1. The van der Waals surface area contributed by atoms with Crippen molar-refractivity contribution in [1.82, 2.24) is 9.97 Å². The number of pyridine rings is 2. The first-order valence-corrected chi connectivity index (χ1v) is 7.75. The second-order valence-electron chi connectivity index (χ2n) is 5.21. The predicted molar refractivity (Wildman–Crippen MR) is 90.5 cm³/mol. The minimum absolute atomic E-state index is 0.167. The largest absolute Gasteiger partial charge is 0.496 e. The summed E-state index contributed by atoms with van der Waals surface area (Å²) in [6.07, 6.45) is 0.0983. The smallest absolute Gasteiger partial charge is 0.416 e. The van der Waals surface area contributed by atoms with Crippen LogP contribution in [0.4, 0.5) is 13.2 Å². The number of nitrogens with zero attached hydrogens (tertiary/aromatic N) is 2. The molecule has 0 amide bonds. The maximum absolute atomic E-state index is 12.7. The number of halogens is 4. The topological polar surface area (TPSA) is 44.2 Å². The minimum atomic E-state index is -4.41. The van der Waals surface area contributed by atoms with E-state index in [1.54, 1.807) is 24.5 Å². The summed E-state index contributed by atoms with van der Waals surface area (Å²) in [6.45, 7) is 0. The van der Waals surface area contributed by atoms with Gasteiger partial charge in [0.05, 0.1) is 23.3 Å². The Labute approximate surface area is 152 Å². The highest BCUT2D eigenvalue weighted by atomic mass is 35.5. The summed E-state index contributed by atoms with van der Waals surface area (Å²) >= 11 is 6.03. The number of ether oxygens (including phenoxy) is 2. The van der Waals surface area contributed by atoms with Gasteiger partial charge in [-0.15, -0.1) is 0 Å². The van der Waals surface area contributed by atoms with Crippen molar-refractivity contribution in [2.45, 2.75) is 6.18 Å². The third kappa shape index (κ3) is 3.88. The molecule has 0 aliphatic carbocycles. The lowest BCUT2D eigenvalue weighted by Gasteiger charge is -2.13.